The molecule has 0 fully saturated rings. The van der Waals surface area contributed by atoms with Crippen LogP contribution in [0, 0.1) is 0 Å². The van der Waals surface area contributed by atoms with Gasteiger partial charge in [0, 0.05) is 34.7 Å². The van der Waals surface area contributed by atoms with Gasteiger partial charge in [-0.2, -0.15) is 0 Å². The van der Waals surface area contributed by atoms with Gasteiger partial charge in [0.05, 0.1) is 0 Å². The highest BCUT2D eigenvalue weighted by atomic mass is 79.9. The van der Waals surface area contributed by atoms with E-state index in [4.69, 9.17) is 0 Å². The molecule has 2 nitrogen and oxygen atoms in total. The number of nitrogens with zero attached hydrogens (tertiary/aromatic N) is 2. The average Bonchev–Trinajstić information content (AvgIpc) is 2.19. The fraction of sp³-hybridized carbons (Fsp3) is 0.400. The van der Waals surface area contributed by atoms with Gasteiger partial charge in [-0.25, -0.2) is 0 Å². The van der Waals surface area contributed by atoms with Crippen molar-refractivity contribution >= 4 is 21.6 Å². The van der Waals surface area contributed by atoms with Crippen LogP contribution in [-0.2, 0) is 0 Å². The highest BCUT2D eigenvalue weighted by molar-refractivity contribution is 9.10. The van der Waals surface area contributed by atoms with Gasteiger partial charge in [-0.3, -0.25) is 9.98 Å². The van der Waals surface area contributed by atoms with E-state index >= 15 is 0 Å². The van der Waals surface area contributed by atoms with Gasteiger partial charge in [0.15, 0.2) is 0 Å². The van der Waals surface area contributed by atoms with Gasteiger partial charge in [-0.1, -0.05) is 0 Å². The molecule has 1 aromatic heterocycles. The Hall–Kier alpha value is -0.700. The topological polar surface area (TPSA) is 25.2 Å². The van der Waals surface area contributed by atoms with Crippen LogP contribution in [0.3, 0.4) is 0 Å². The fourth-order valence-corrected chi connectivity index (χ4v) is 1.87. The van der Waals surface area contributed by atoms with Crippen molar-refractivity contribution in [1.82, 2.24) is 4.98 Å². The van der Waals surface area contributed by atoms with Crippen molar-refractivity contribution in [3.63, 3.8) is 0 Å². The van der Waals surface area contributed by atoms with Gasteiger partial charge >= 0.3 is 0 Å². The van der Waals surface area contributed by atoms with Crippen LogP contribution in [0.5, 0.6) is 0 Å². The summed E-state index contributed by atoms with van der Waals surface area (Å²) in [5.41, 5.74) is 2.37. The number of hydrogen-bond acceptors (Lipinski definition) is 2. The maximum absolute atomic E-state index is 4.50. The summed E-state index contributed by atoms with van der Waals surface area (Å²) in [6.07, 6.45) is 7.26. The number of aliphatic imine (C=N–C) groups is 1. The zero-order valence-electron chi connectivity index (χ0n) is 7.33. The molecule has 0 aromatic carbocycles. The standard InChI is InChI=1S/C10H11BrN2/c11-9-5-8(6-12-7-9)10-3-1-2-4-13-10/h5-7H,1-4H2. The number of halogens is 1. The van der Waals surface area contributed by atoms with Crippen molar-refractivity contribution in [2.75, 3.05) is 6.54 Å². The van der Waals surface area contributed by atoms with Gasteiger partial charge < -0.3 is 0 Å². The monoisotopic (exact) mass is 238 g/mol. The van der Waals surface area contributed by atoms with Gasteiger partial charge in [0.1, 0.15) is 0 Å². The molecule has 0 unspecified atom stereocenters. The minimum atomic E-state index is 0.974. The molecule has 0 amide bonds. The van der Waals surface area contributed by atoms with Crippen molar-refractivity contribution in [2.45, 2.75) is 19.3 Å². The second-order valence-electron chi connectivity index (χ2n) is 3.18. The number of pyridine rings is 1. The molecule has 68 valence electrons. The van der Waals surface area contributed by atoms with Crippen LogP contribution in [0.2, 0.25) is 0 Å². The van der Waals surface area contributed by atoms with Crippen molar-refractivity contribution in [3.05, 3.63) is 28.5 Å². The minimum Gasteiger partial charge on any atom is -0.289 e. The molecule has 1 aliphatic heterocycles. The van der Waals surface area contributed by atoms with Crippen LogP contribution in [0.25, 0.3) is 0 Å². The molecule has 2 rings (SSSR count). The lowest BCUT2D eigenvalue weighted by Crippen LogP contribution is -2.07. The first-order valence-electron chi connectivity index (χ1n) is 4.50. The molecular weight excluding hydrogens is 228 g/mol. The lowest BCUT2D eigenvalue weighted by Gasteiger charge is -2.11. The van der Waals surface area contributed by atoms with Crippen LogP contribution in [0.4, 0.5) is 0 Å². The summed E-state index contributed by atoms with van der Waals surface area (Å²) in [5.74, 6) is 0. The third-order valence-corrected chi connectivity index (χ3v) is 2.60. The van der Waals surface area contributed by atoms with Crippen LogP contribution in [0.1, 0.15) is 24.8 Å². The summed E-state index contributed by atoms with van der Waals surface area (Å²) in [7, 11) is 0. The first kappa shape index (κ1) is 8.88. The highest BCUT2D eigenvalue weighted by Gasteiger charge is 2.07. The number of aromatic nitrogens is 1. The summed E-state index contributed by atoms with van der Waals surface area (Å²) < 4.78 is 1.03. The Balaban J connectivity index is 2.29. The minimum absolute atomic E-state index is 0.974. The van der Waals surface area contributed by atoms with E-state index in [1.807, 2.05) is 6.20 Å². The molecule has 13 heavy (non-hydrogen) atoms. The molecule has 1 aromatic rings. The van der Waals surface area contributed by atoms with E-state index in [9.17, 15) is 0 Å². The largest absolute Gasteiger partial charge is 0.289 e. The van der Waals surface area contributed by atoms with E-state index in [1.54, 1.807) is 6.20 Å². The molecule has 0 radical (unpaired) electrons. The van der Waals surface area contributed by atoms with Crippen LogP contribution >= 0.6 is 15.9 Å². The molecule has 1 aliphatic rings. The highest BCUT2D eigenvalue weighted by Crippen LogP contribution is 2.16. The Morgan fingerprint density at radius 2 is 2.15 bits per heavy atom. The molecule has 0 bridgehead atoms. The van der Waals surface area contributed by atoms with Crippen LogP contribution in [0.15, 0.2) is 27.9 Å². The fourth-order valence-electron chi connectivity index (χ4n) is 1.50. The zero-order valence-corrected chi connectivity index (χ0v) is 8.92. The van der Waals surface area contributed by atoms with Crippen molar-refractivity contribution in [1.29, 1.82) is 0 Å². The Labute approximate surface area is 86.2 Å². The summed E-state index contributed by atoms with van der Waals surface area (Å²) >= 11 is 3.41. The predicted molar refractivity (Wildman–Crippen MR) is 57.2 cm³/mol. The van der Waals surface area contributed by atoms with Crippen molar-refractivity contribution in [3.8, 4) is 0 Å². The Bertz CT molecular complexity index is 333. The van der Waals surface area contributed by atoms with Gasteiger partial charge in [-0.05, 0) is 41.3 Å². The predicted octanol–water partition coefficient (Wildman–Crippen LogP) is 2.82. The third-order valence-electron chi connectivity index (χ3n) is 2.16. The van der Waals surface area contributed by atoms with E-state index in [0.717, 1.165) is 23.0 Å². The molecule has 0 atom stereocenters. The first-order valence-corrected chi connectivity index (χ1v) is 5.30. The summed E-state index contributed by atoms with van der Waals surface area (Å²) in [6, 6.07) is 2.08. The lowest BCUT2D eigenvalue weighted by atomic mass is 10.0. The molecule has 0 saturated heterocycles. The Morgan fingerprint density at radius 1 is 1.23 bits per heavy atom. The van der Waals surface area contributed by atoms with E-state index in [1.165, 1.54) is 18.6 Å². The van der Waals surface area contributed by atoms with Crippen molar-refractivity contribution in [2.24, 2.45) is 4.99 Å². The summed E-state index contributed by atoms with van der Waals surface area (Å²) in [6.45, 7) is 0.974. The van der Waals surface area contributed by atoms with E-state index < -0.39 is 0 Å². The summed E-state index contributed by atoms with van der Waals surface area (Å²) in [4.78, 5) is 8.63. The molecule has 0 N–H and O–H groups in total. The second-order valence-corrected chi connectivity index (χ2v) is 4.09. The molecule has 0 aliphatic carbocycles. The SMILES string of the molecule is Brc1cncc(C2=NCCCC2)c1. The number of hydrogen-bond donors (Lipinski definition) is 0. The molecule has 0 saturated carbocycles. The quantitative estimate of drug-likeness (QED) is 0.739. The first-order chi connectivity index (χ1) is 6.36. The van der Waals surface area contributed by atoms with E-state index in [0.29, 0.717) is 0 Å². The molecular formula is C10H11BrN2. The van der Waals surface area contributed by atoms with Crippen LogP contribution in [-0.4, -0.2) is 17.2 Å². The second kappa shape index (κ2) is 4.01. The molecule has 3 heteroatoms. The van der Waals surface area contributed by atoms with E-state index in [2.05, 4.69) is 32.0 Å². The third kappa shape index (κ3) is 2.15. The summed E-state index contributed by atoms with van der Waals surface area (Å²) in [5, 5.41) is 0. The normalized spacial score (nSPS) is 16.8. The molecule has 0 spiro atoms. The average molecular weight is 239 g/mol. The van der Waals surface area contributed by atoms with Crippen molar-refractivity contribution < 1.29 is 0 Å². The Kier molecular flexibility index (Phi) is 2.74. The van der Waals surface area contributed by atoms with Gasteiger partial charge in [-0.15, -0.1) is 0 Å². The maximum atomic E-state index is 4.50. The van der Waals surface area contributed by atoms with Crippen LogP contribution < -0.4 is 0 Å². The lowest BCUT2D eigenvalue weighted by molar-refractivity contribution is 0.738. The molecule has 2 heterocycles. The van der Waals surface area contributed by atoms with Gasteiger partial charge in [0.25, 0.3) is 0 Å². The maximum Gasteiger partial charge on any atom is 0.0436 e. The zero-order chi connectivity index (χ0) is 9.10. The van der Waals surface area contributed by atoms with E-state index in [-0.39, 0.29) is 0 Å². The number of rotatable bonds is 1. The smallest absolute Gasteiger partial charge is 0.0436 e. The van der Waals surface area contributed by atoms with Gasteiger partial charge in [0.2, 0.25) is 0 Å². The Morgan fingerprint density at radius 3 is 2.85 bits per heavy atom.